The third-order valence-electron chi connectivity index (χ3n) is 2.90. The first-order chi connectivity index (χ1) is 9.77. The Morgan fingerprint density at radius 2 is 2.00 bits per heavy atom. The van der Waals surface area contributed by atoms with Crippen molar-refractivity contribution in [2.75, 3.05) is 24.7 Å². The lowest BCUT2D eigenvalue weighted by atomic mass is 9.94. The van der Waals surface area contributed by atoms with Gasteiger partial charge in [0.2, 0.25) is 17.7 Å². The van der Waals surface area contributed by atoms with Crippen LogP contribution in [0.15, 0.2) is 0 Å². The zero-order valence-electron chi connectivity index (χ0n) is 12.6. The van der Waals surface area contributed by atoms with Gasteiger partial charge in [-0.1, -0.05) is 26.7 Å². The van der Waals surface area contributed by atoms with E-state index in [2.05, 4.69) is 16.6 Å². The van der Waals surface area contributed by atoms with E-state index in [1.165, 1.54) is 11.8 Å². The van der Waals surface area contributed by atoms with Crippen LogP contribution in [-0.4, -0.2) is 53.4 Å². The molecule has 0 bridgehead atoms. The Morgan fingerprint density at radius 1 is 1.33 bits per heavy atom. The highest BCUT2D eigenvalue weighted by Gasteiger charge is 2.38. The fourth-order valence-corrected chi connectivity index (χ4v) is 2.94. The highest BCUT2D eigenvalue weighted by atomic mass is 32.2. The number of rotatable bonds is 4. The molecule has 1 aliphatic heterocycles. The van der Waals surface area contributed by atoms with E-state index in [4.69, 9.17) is 6.42 Å². The van der Waals surface area contributed by atoms with Gasteiger partial charge in [-0.2, -0.15) is 0 Å². The van der Waals surface area contributed by atoms with Gasteiger partial charge in [0.05, 0.1) is 19.0 Å². The second-order valence-corrected chi connectivity index (χ2v) is 6.74. The van der Waals surface area contributed by atoms with Gasteiger partial charge in [0.1, 0.15) is 6.04 Å². The molecule has 0 aliphatic carbocycles. The maximum Gasteiger partial charge on any atom is 0.244 e. The third-order valence-corrected chi connectivity index (χ3v) is 3.91. The van der Waals surface area contributed by atoms with E-state index in [1.807, 2.05) is 20.8 Å². The van der Waals surface area contributed by atoms with Crippen molar-refractivity contribution in [1.82, 2.24) is 15.5 Å². The molecule has 0 unspecified atom stereocenters. The van der Waals surface area contributed by atoms with Gasteiger partial charge >= 0.3 is 0 Å². The van der Waals surface area contributed by atoms with Crippen molar-refractivity contribution in [1.29, 1.82) is 0 Å². The Kier molecular flexibility index (Phi) is 6.09. The number of hydrogen-bond acceptors (Lipinski definition) is 4. The van der Waals surface area contributed by atoms with Gasteiger partial charge in [-0.3, -0.25) is 14.4 Å². The Labute approximate surface area is 129 Å². The fraction of sp³-hybridized carbons (Fsp3) is 0.643. The summed E-state index contributed by atoms with van der Waals surface area (Å²) in [7, 11) is 0. The molecule has 0 saturated carbocycles. The van der Waals surface area contributed by atoms with Crippen molar-refractivity contribution in [2.45, 2.75) is 26.8 Å². The molecule has 0 aromatic carbocycles. The number of nitrogens with one attached hydrogen (secondary N) is 2. The minimum Gasteiger partial charge on any atom is -0.345 e. The zero-order chi connectivity index (χ0) is 16.0. The molecular formula is C14H21N3O3S. The summed E-state index contributed by atoms with van der Waals surface area (Å²) in [5.41, 5.74) is -0.534. The van der Waals surface area contributed by atoms with Crippen LogP contribution in [0.4, 0.5) is 0 Å². The van der Waals surface area contributed by atoms with E-state index in [0.29, 0.717) is 11.6 Å². The lowest BCUT2D eigenvalue weighted by Gasteiger charge is -2.29. The maximum atomic E-state index is 12.3. The van der Waals surface area contributed by atoms with Crippen molar-refractivity contribution in [2.24, 2.45) is 5.41 Å². The van der Waals surface area contributed by atoms with E-state index < -0.39 is 11.5 Å². The molecular weight excluding hydrogens is 290 g/mol. The van der Waals surface area contributed by atoms with E-state index in [1.54, 1.807) is 4.90 Å². The Balaban J connectivity index is 2.55. The molecule has 7 heteroatoms. The number of hydrogen-bond donors (Lipinski definition) is 2. The van der Waals surface area contributed by atoms with E-state index in [0.717, 1.165) is 0 Å². The number of carbonyl (C=O) groups is 3. The molecule has 1 saturated heterocycles. The van der Waals surface area contributed by atoms with Crippen molar-refractivity contribution in [3.8, 4) is 12.3 Å². The minimum atomic E-state index is -0.534. The third kappa shape index (κ3) is 4.97. The summed E-state index contributed by atoms with van der Waals surface area (Å²) < 4.78 is 0. The van der Waals surface area contributed by atoms with Crippen LogP contribution in [-0.2, 0) is 14.4 Å². The average molecular weight is 311 g/mol. The smallest absolute Gasteiger partial charge is 0.244 e. The second-order valence-electron chi connectivity index (χ2n) is 5.74. The first-order valence-corrected chi connectivity index (χ1v) is 7.79. The first-order valence-electron chi connectivity index (χ1n) is 6.64. The van der Waals surface area contributed by atoms with Gasteiger partial charge in [0, 0.05) is 11.2 Å². The molecule has 116 valence electrons. The van der Waals surface area contributed by atoms with E-state index in [9.17, 15) is 14.4 Å². The van der Waals surface area contributed by atoms with Crippen LogP contribution >= 0.6 is 11.8 Å². The molecule has 1 aliphatic rings. The summed E-state index contributed by atoms with van der Waals surface area (Å²) in [6.07, 6.45) is 5.03. The molecule has 0 aromatic rings. The van der Waals surface area contributed by atoms with Crippen molar-refractivity contribution < 1.29 is 14.4 Å². The van der Waals surface area contributed by atoms with Crippen molar-refractivity contribution in [3.05, 3.63) is 0 Å². The summed E-state index contributed by atoms with van der Waals surface area (Å²) in [4.78, 5) is 37.4. The quantitative estimate of drug-likeness (QED) is 0.705. The normalized spacial score (nSPS) is 18.0. The molecule has 21 heavy (non-hydrogen) atoms. The van der Waals surface area contributed by atoms with Crippen molar-refractivity contribution >= 4 is 29.5 Å². The summed E-state index contributed by atoms with van der Waals surface area (Å²) >= 11 is 1.53. The molecule has 0 spiro atoms. The number of carbonyl (C=O) groups excluding carboxylic acids is 3. The van der Waals surface area contributed by atoms with Gasteiger partial charge in [-0.15, -0.1) is 18.2 Å². The predicted molar refractivity (Wildman–Crippen MR) is 82.3 cm³/mol. The van der Waals surface area contributed by atoms with E-state index in [-0.39, 0.29) is 30.8 Å². The fourth-order valence-electron chi connectivity index (χ4n) is 1.79. The maximum absolute atomic E-state index is 12.3. The highest BCUT2D eigenvalue weighted by Crippen LogP contribution is 2.27. The van der Waals surface area contributed by atoms with Crippen LogP contribution in [0.25, 0.3) is 0 Å². The van der Waals surface area contributed by atoms with Gasteiger partial charge in [-0.25, -0.2) is 0 Å². The molecule has 1 rings (SSSR count). The molecule has 2 N–H and O–H groups in total. The molecule has 3 amide bonds. The van der Waals surface area contributed by atoms with E-state index >= 15 is 0 Å². The van der Waals surface area contributed by atoms with Crippen LogP contribution in [0.3, 0.4) is 0 Å². The lowest BCUT2D eigenvalue weighted by Crippen LogP contribution is -2.51. The van der Waals surface area contributed by atoms with Gasteiger partial charge in [0.15, 0.2) is 0 Å². The Morgan fingerprint density at radius 3 is 2.57 bits per heavy atom. The number of amides is 3. The van der Waals surface area contributed by atoms with Crippen LogP contribution in [0.5, 0.6) is 0 Å². The molecule has 1 atom stereocenters. The second kappa shape index (κ2) is 7.36. The van der Waals surface area contributed by atoms with Gasteiger partial charge < -0.3 is 15.5 Å². The highest BCUT2D eigenvalue weighted by molar-refractivity contribution is 7.99. The predicted octanol–water partition coefficient (Wildman–Crippen LogP) is -0.200. The monoisotopic (exact) mass is 311 g/mol. The van der Waals surface area contributed by atoms with Gasteiger partial charge in [0.25, 0.3) is 0 Å². The topological polar surface area (TPSA) is 78.5 Å². The number of terminal acetylenes is 1. The summed E-state index contributed by atoms with van der Waals surface area (Å²) in [6, 6.07) is -0.526. The number of thioether (sulfide) groups is 1. The molecule has 1 fully saturated rings. The van der Waals surface area contributed by atoms with Crippen LogP contribution in [0.1, 0.15) is 20.8 Å². The summed E-state index contributed by atoms with van der Waals surface area (Å²) in [5, 5.41) is 5.00. The number of nitrogens with zero attached hydrogens (tertiary/aromatic N) is 1. The standard InChI is InChI=1S/C14H21N3O3S/c1-5-6-15-11(18)7-16-12(19)10-8-21-9-17(10)13(20)14(2,3)4/h1,10H,6-9H2,2-4H3,(H,15,18)(H,16,19)/t10-/m1/s1. The SMILES string of the molecule is C#CCNC(=O)CNC(=O)[C@H]1CSCN1C(=O)C(C)(C)C. The molecule has 1 heterocycles. The zero-order valence-corrected chi connectivity index (χ0v) is 13.4. The molecule has 0 aromatic heterocycles. The summed E-state index contributed by atoms with van der Waals surface area (Å²) in [5.74, 6) is 2.59. The molecule has 6 nitrogen and oxygen atoms in total. The first kappa shape index (κ1) is 17.4. The largest absolute Gasteiger partial charge is 0.345 e. The van der Waals surface area contributed by atoms with Crippen LogP contribution in [0, 0.1) is 17.8 Å². The van der Waals surface area contributed by atoms with Crippen molar-refractivity contribution in [3.63, 3.8) is 0 Å². The average Bonchev–Trinajstić information content (AvgIpc) is 2.89. The Bertz CT molecular complexity index is 465. The molecule has 0 radical (unpaired) electrons. The summed E-state index contributed by atoms with van der Waals surface area (Å²) in [6.45, 7) is 5.45. The van der Waals surface area contributed by atoms with Crippen LogP contribution < -0.4 is 10.6 Å². The lowest BCUT2D eigenvalue weighted by molar-refractivity contribution is -0.144. The van der Waals surface area contributed by atoms with Crippen LogP contribution in [0.2, 0.25) is 0 Å². The minimum absolute atomic E-state index is 0.0653. The Hall–Kier alpha value is -1.68. The van der Waals surface area contributed by atoms with Gasteiger partial charge in [-0.05, 0) is 0 Å².